The van der Waals surface area contributed by atoms with E-state index in [1.165, 1.54) is 12.5 Å². The second kappa shape index (κ2) is 5.92. The lowest BCUT2D eigenvalue weighted by molar-refractivity contribution is -0.140. The molecule has 1 aromatic heterocycles. The van der Waals surface area contributed by atoms with Crippen LogP contribution in [0.15, 0.2) is 21.3 Å². The first kappa shape index (κ1) is 14.2. The van der Waals surface area contributed by atoms with Crippen LogP contribution >= 0.6 is 0 Å². The van der Waals surface area contributed by atoms with Gasteiger partial charge in [0, 0.05) is 37.9 Å². The minimum Gasteiger partial charge on any atom is -0.490 e. The molecule has 1 aromatic rings. The van der Waals surface area contributed by atoms with E-state index in [0.29, 0.717) is 17.4 Å². The number of carbonyl (C=O) groups excluding carboxylic acids is 1. The lowest BCUT2D eigenvalue weighted by Crippen LogP contribution is -2.45. The van der Waals surface area contributed by atoms with Gasteiger partial charge in [-0.3, -0.25) is 4.79 Å². The molecule has 0 N–H and O–H groups in total. The number of piperidine rings is 1. The fourth-order valence-corrected chi connectivity index (χ4v) is 2.94. The van der Waals surface area contributed by atoms with Crippen LogP contribution in [0, 0.1) is 12.8 Å². The van der Waals surface area contributed by atoms with Crippen molar-refractivity contribution in [3.63, 3.8) is 0 Å². The second-order valence-electron chi connectivity index (χ2n) is 5.99. The zero-order chi connectivity index (χ0) is 14.8. The Balaban J connectivity index is 1.53. The maximum absolute atomic E-state index is 12.2. The number of rotatable bonds is 3. The molecule has 5 heteroatoms. The van der Waals surface area contributed by atoms with Gasteiger partial charge >= 0.3 is 5.63 Å². The molecule has 1 saturated carbocycles. The fourth-order valence-electron chi connectivity index (χ4n) is 2.94. The standard InChI is InChI=1S/C16H21NO4/c1-11-9-14(10-15(18)20-11)21-13-5-7-17(8-6-13)16(19)12-3-2-4-12/h9-10,12-13H,2-8H2,1H3. The highest BCUT2D eigenvalue weighted by Crippen LogP contribution is 2.29. The first-order chi connectivity index (χ1) is 10.1. The van der Waals surface area contributed by atoms with Crippen LogP contribution in [0.1, 0.15) is 37.9 Å². The molecule has 0 unspecified atom stereocenters. The fraction of sp³-hybridized carbons (Fsp3) is 0.625. The van der Waals surface area contributed by atoms with Gasteiger partial charge in [-0.2, -0.15) is 0 Å². The van der Waals surface area contributed by atoms with Gasteiger partial charge in [0.2, 0.25) is 5.91 Å². The summed E-state index contributed by atoms with van der Waals surface area (Å²) in [5.41, 5.74) is -0.386. The van der Waals surface area contributed by atoms with Gasteiger partial charge in [0.05, 0.1) is 6.07 Å². The summed E-state index contributed by atoms with van der Waals surface area (Å²) in [7, 11) is 0. The lowest BCUT2D eigenvalue weighted by Gasteiger charge is -2.36. The highest BCUT2D eigenvalue weighted by Gasteiger charge is 2.32. The van der Waals surface area contributed by atoms with Gasteiger partial charge in [-0.15, -0.1) is 0 Å². The maximum Gasteiger partial charge on any atom is 0.339 e. The van der Waals surface area contributed by atoms with Crippen LogP contribution in [-0.2, 0) is 4.79 Å². The van der Waals surface area contributed by atoms with E-state index in [-0.39, 0.29) is 17.6 Å². The number of carbonyl (C=O) groups is 1. The van der Waals surface area contributed by atoms with Crippen LogP contribution in [-0.4, -0.2) is 30.0 Å². The van der Waals surface area contributed by atoms with Gasteiger partial charge in [-0.1, -0.05) is 6.42 Å². The zero-order valence-electron chi connectivity index (χ0n) is 12.3. The number of hydrogen-bond acceptors (Lipinski definition) is 4. The molecule has 114 valence electrons. The largest absolute Gasteiger partial charge is 0.490 e. The number of likely N-dealkylation sites (tertiary alicyclic amines) is 1. The average Bonchev–Trinajstić information content (AvgIpc) is 2.36. The summed E-state index contributed by atoms with van der Waals surface area (Å²) in [4.78, 5) is 25.4. The molecule has 2 aliphatic rings. The van der Waals surface area contributed by atoms with E-state index >= 15 is 0 Å². The Labute approximate surface area is 123 Å². The summed E-state index contributed by atoms with van der Waals surface area (Å²) in [5.74, 6) is 1.70. The minimum absolute atomic E-state index is 0.0663. The Hall–Kier alpha value is -1.78. The van der Waals surface area contributed by atoms with E-state index in [1.807, 2.05) is 4.90 Å². The van der Waals surface area contributed by atoms with Crippen molar-refractivity contribution in [3.8, 4) is 5.75 Å². The maximum atomic E-state index is 12.2. The molecule has 1 aliphatic carbocycles. The summed E-state index contributed by atoms with van der Waals surface area (Å²) < 4.78 is 10.8. The molecule has 0 radical (unpaired) electrons. The third-order valence-electron chi connectivity index (χ3n) is 4.38. The molecule has 2 fully saturated rings. The molecule has 21 heavy (non-hydrogen) atoms. The number of aryl methyl sites for hydroxylation is 1. The van der Waals surface area contributed by atoms with E-state index in [1.54, 1.807) is 13.0 Å². The molecule has 5 nitrogen and oxygen atoms in total. The number of nitrogens with zero attached hydrogens (tertiary/aromatic N) is 1. The zero-order valence-corrected chi connectivity index (χ0v) is 12.3. The Morgan fingerprint density at radius 1 is 1.24 bits per heavy atom. The van der Waals surface area contributed by atoms with Crippen molar-refractivity contribution in [1.82, 2.24) is 4.90 Å². The molecule has 0 aromatic carbocycles. The molecule has 1 aliphatic heterocycles. The first-order valence-corrected chi connectivity index (χ1v) is 7.69. The normalized spacial score (nSPS) is 20.1. The van der Waals surface area contributed by atoms with Crippen molar-refractivity contribution >= 4 is 5.91 Å². The number of ether oxygens (including phenoxy) is 1. The summed E-state index contributed by atoms with van der Waals surface area (Å²) in [6.07, 6.45) is 4.99. The summed E-state index contributed by atoms with van der Waals surface area (Å²) in [6, 6.07) is 3.10. The Kier molecular flexibility index (Phi) is 3.99. The van der Waals surface area contributed by atoms with Crippen molar-refractivity contribution in [2.45, 2.75) is 45.1 Å². The highest BCUT2D eigenvalue weighted by atomic mass is 16.5. The van der Waals surface area contributed by atoms with Crippen LogP contribution < -0.4 is 10.4 Å². The van der Waals surface area contributed by atoms with E-state index < -0.39 is 0 Å². The van der Waals surface area contributed by atoms with Crippen LogP contribution in [0.5, 0.6) is 5.75 Å². The van der Waals surface area contributed by atoms with Gasteiger partial charge in [0.1, 0.15) is 17.6 Å². The predicted molar refractivity (Wildman–Crippen MR) is 77.3 cm³/mol. The second-order valence-corrected chi connectivity index (χ2v) is 5.99. The number of hydrogen-bond donors (Lipinski definition) is 0. The third-order valence-corrected chi connectivity index (χ3v) is 4.38. The predicted octanol–water partition coefficient (Wildman–Crippen LogP) is 2.12. The monoisotopic (exact) mass is 291 g/mol. The summed E-state index contributed by atoms with van der Waals surface area (Å²) in [6.45, 7) is 3.23. The van der Waals surface area contributed by atoms with Crippen molar-refractivity contribution in [2.24, 2.45) is 5.92 Å². The smallest absolute Gasteiger partial charge is 0.339 e. The topological polar surface area (TPSA) is 59.8 Å². The van der Waals surface area contributed by atoms with Crippen molar-refractivity contribution in [2.75, 3.05) is 13.1 Å². The van der Waals surface area contributed by atoms with E-state index in [4.69, 9.17) is 9.15 Å². The van der Waals surface area contributed by atoms with Crippen LogP contribution in [0.3, 0.4) is 0 Å². The Morgan fingerprint density at radius 3 is 2.52 bits per heavy atom. The van der Waals surface area contributed by atoms with Gasteiger partial charge in [0.15, 0.2) is 0 Å². The first-order valence-electron chi connectivity index (χ1n) is 7.69. The van der Waals surface area contributed by atoms with Crippen molar-refractivity contribution < 1.29 is 13.9 Å². The average molecular weight is 291 g/mol. The minimum atomic E-state index is -0.386. The van der Waals surface area contributed by atoms with E-state index in [0.717, 1.165) is 38.8 Å². The van der Waals surface area contributed by atoms with E-state index in [2.05, 4.69) is 0 Å². The van der Waals surface area contributed by atoms with Crippen molar-refractivity contribution in [1.29, 1.82) is 0 Å². The van der Waals surface area contributed by atoms with Crippen LogP contribution in [0.25, 0.3) is 0 Å². The molecular weight excluding hydrogens is 270 g/mol. The van der Waals surface area contributed by atoms with E-state index in [9.17, 15) is 9.59 Å². The Bertz CT molecular complexity index is 568. The Morgan fingerprint density at radius 2 is 1.95 bits per heavy atom. The summed E-state index contributed by atoms with van der Waals surface area (Å²) in [5, 5.41) is 0. The van der Waals surface area contributed by atoms with Gasteiger partial charge in [0.25, 0.3) is 0 Å². The SMILES string of the molecule is Cc1cc(OC2CCN(C(=O)C3CCC3)CC2)cc(=O)o1. The molecule has 0 bridgehead atoms. The third kappa shape index (κ3) is 3.28. The quantitative estimate of drug-likeness (QED) is 0.856. The summed E-state index contributed by atoms with van der Waals surface area (Å²) >= 11 is 0. The van der Waals surface area contributed by atoms with Gasteiger partial charge in [-0.05, 0) is 19.8 Å². The van der Waals surface area contributed by atoms with Gasteiger partial charge < -0.3 is 14.1 Å². The molecule has 0 spiro atoms. The number of amides is 1. The van der Waals surface area contributed by atoms with Crippen LogP contribution in [0.4, 0.5) is 0 Å². The molecule has 1 amide bonds. The molecule has 2 heterocycles. The lowest BCUT2D eigenvalue weighted by atomic mass is 9.84. The molecular formula is C16H21NO4. The highest BCUT2D eigenvalue weighted by molar-refractivity contribution is 5.79. The van der Waals surface area contributed by atoms with Crippen LogP contribution in [0.2, 0.25) is 0 Å². The molecule has 3 rings (SSSR count). The van der Waals surface area contributed by atoms with Crippen molar-refractivity contribution in [3.05, 3.63) is 28.3 Å². The van der Waals surface area contributed by atoms with Gasteiger partial charge in [-0.25, -0.2) is 4.79 Å². The molecule has 0 atom stereocenters. The molecule has 1 saturated heterocycles.